The molecular weight excluding hydrogens is 412 g/mol. The molecule has 3 N–H and O–H groups in total. The minimum atomic E-state index is -3.65. The first kappa shape index (κ1) is 15.5. The molecule has 0 aliphatic heterocycles. The highest BCUT2D eigenvalue weighted by atomic mass is 79.9. The lowest BCUT2D eigenvalue weighted by atomic mass is 10.3. The third-order valence-electron chi connectivity index (χ3n) is 2.65. The van der Waals surface area contributed by atoms with Crippen molar-refractivity contribution in [2.45, 2.75) is 11.4 Å². The first-order valence-corrected chi connectivity index (χ1v) is 8.53. The van der Waals surface area contributed by atoms with E-state index in [1.54, 1.807) is 24.5 Å². The molecule has 0 fully saturated rings. The van der Waals surface area contributed by atoms with Crippen LogP contribution in [-0.2, 0) is 16.6 Å². The lowest BCUT2D eigenvalue weighted by molar-refractivity contribution is 0.466. The van der Waals surface area contributed by atoms with Gasteiger partial charge in [-0.15, -0.1) is 0 Å². The molecule has 2 rings (SSSR count). The van der Waals surface area contributed by atoms with Crippen molar-refractivity contribution in [2.24, 2.45) is 0 Å². The second-order valence-corrected chi connectivity index (χ2v) is 7.87. The fourth-order valence-corrected chi connectivity index (χ4v) is 5.38. The summed E-state index contributed by atoms with van der Waals surface area (Å²) in [5.41, 5.74) is 6.93. The van der Waals surface area contributed by atoms with Gasteiger partial charge in [0.1, 0.15) is 4.90 Å². The van der Waals surface area contributed by atoms with Crippen LogP contribution in [0.4, 0.5) is 5.69 Å². The Hall–Kier alpha value is -0.900. The van der Waals surface area contributed by atoms with Gasteiger partial charge in [-0.2, -0.15) is 9.40 Å². The van der Waals surface area contributed by atoms with E-state index in [1.165, 1.54) is 11.4 Å². The van der Waals surface area contributed by atoms with Crippen LogP contribution >= 0.6 is 31.9 Å². The fraction of sp³-hybridized carbons (Fsp3) is 0.182. The maximum atomic E-state index is 12.6. The zero-order valence-corrected chi connectivity index (χ0v) is 14.5. The highest BCUT2D eigenvalue weighted by molar-refractivity contribution is 9.11. The number of nitrogens with one attached hydrogen (secondary N) is 1. The molecule has 1 aromatic heterocycles. The molecule has 0 radical (unpaired) electrons. The van der Waals surface area contributed by atoms with Gasteiger partial charge >= 0.3 is 0 Å². The highest BCUT2D eigenvalue weighted by Gasteiger charge is 2.26. The smallest absolute Gasteiger partial charge is 0.245 e. The van der Waals surface area contributed by atoms with Crippen LogP contribution in [0.15, 0.2) is 38.4 Å². The molecule has 9 heteroatoms. The van der Waals surface area contributed by atoms with E-state index in [0.717, 1.165) is 5.56 Å². The highest BCUT2D eigenvalue weighted by Crippen LogP contribution is 2.34. The molecule has 1 heterocycles. The molecule has 0 aliphatic carbocycles. The summed E-state index contributed by atoms with van der Waals surface area (Å²) in [5, 5.41) is 6.45. The summed E-state index contributed by atoms with van der Waals surface area (Å²) in [6, 6.07) is 3.12. The van der Waals surface area contributed by atoms with Crippen LogP contribution in [0.3, 0.4) is 0 Å². The van der Waals surface area contributed by atoms with E-state index in [4.69, 9.17) is 5.73 Å². The molecule has 0 aliphatic rings. The van der Waals surface area contributed by atoms with Crippen molar-refractivity contribution in [2.75, 3.05) is 12.8 Å². The van der Waals surface area contributed by atoms with E-state index in [2.05, 4.69) is 42.1 Å². The summed E-state index contributed by atoms with van der Waals surface area (Å²) >= 11 is 6.49. The molecule has 0 amide bonds. The zero-order chi connectivity index (χ0) is 14.9. The van der Waals surface area contributed by atoms with Gasteiger partial charge in [0, 0.05) is 40.0 Å². The first-order chi connectivity index (χ1) is 9.32. The van der Waals surface area contributed by atoms with Crippen LogP contribution in [0, 0.1) is 0 Å². The number of nitrogens with zero attached hydrogens (tertiary/aromatic N) is 2. The van der Waals surface area contributed by atoms with Crippen molar-refractivity contribution in [3.8, 4) is 0 Å². The van der Waals surface area contributed by atoms with E-state index >= 15 is 0 Å². The first-order valence-electron chi connectivity index (χ1n) is 5.51. The largest absolute Gasteiger partial charge is 0.399 e. The number of nitrogen functional groups attached to an aromatic ring is 1. The summed E-state index contributed by atoms with van der Waals surface area (Å²) < 4.78 is 27.3. The summed E-state index contributed by atoms with van der Waals surface area (Å²) in [7, 11) is -2.14. The average Bonchev–Trinajstić information content (AvgIpc) is 2.79. The fourth-order valence-electron chi connectivity index (χ4n) is 1.69. The standard InChI is InChI=1S/C11H12Br2N4O2S/c1-17(6-7-4-15-16-5-7)20(18,19)11-9(12)2-8(14)3-10(11)13/h2-5H,6,14H2,1H3,(H,15,16). The number of H-pyrrole nitrogens is 1. The van der Waals surface area contributed by atoms with Gasteiger partial charge < -0.3 is 5.73 Å². The molecule has 108 valence electrons. The van der Waals surface area contributed by atoms with Crippen LogP contribution in [-0.4, -0.2) is 30.0 Å². The molecule has 0 unspecified atom stereocenters. The number of hydrogen-bond acceptors (Lipinski definition) is 4. The van der Waals surface area contributed by atoms with E-state index in [9.17, 15) is 8.42 Å². The SMILES string of the molecule is CN(Cc1cn[nH]c1)S(=O)(=O)c1c(Br)cc(N)cc1Br. The maximum Gasteiger partial charge on any atom is 0.245 e. The monoisotopic (exact) mass is 422 g/mol. The summed E-state index contributed by atoms with van der Waals surface area (Å²) in [6.45, 7) is 0.224. The summed E-state index contributed by atoms with van der Waals surface area (Å²) in [4.78, 5) is 0.151. The normalized spacial score (nSPS) is 12.0. The topological polar surface area (TPSA) is 92.1 Å². The van der Waals surface area contributed by atoms with Gasteiger partial charge in [-0.05, 0) is 44.0 Å². The van der Waals surface area contributed by atoms with Crippen molar-refractivity contribution in [1.29, 1.82) is 0 Å². The lowest BCUT2D eigenvalue weighted by Crippen LogP contribution is -2.27. The Kier molecular flexibility index (Phi) is 4.52. The number of benzene rings is 1. The van der Waals surface area contributed by atoms with Gasteiger partial charge in [0.15, 0.2) is 0 Å². The van der Waals surface area contributed by atoms with Crippen LogP contribution in [0.5, 0.6) is 0 Å². The van der Waals surface area contributed by atoms with Crippen LogP contribution < -0.4 is 5.73 Å². The quantitative estimate of drug-likeness (QED) is 0.738. The molecule has 20 heavy (non-hydrogen) atoms. The number of halogens is 2. The summed E-state index contributed by atoms with van der Waals surface area (Å²) in [6.07, 6.45) is 3.23. The Morgan fingerprint density at radius 1 is 1.35 bits per heavy atom. The molecule has 6 nitrogen and oxygen atoms in total. The number of nitrogens with two attached hydrogens (primary N) is 1. The molecule has 1 aromatic carbocycles. The van der Waals surface area contributed by atoms with Crippen molar-refractivity contribution in [3.05, 3.63) is 39.0 Å². The van der Waals surface area contributed by atoms with Gasteiger partial charge in [0.25, 0.3) is 0 Å². The average molecular weight is 424 g/mol. The number of aromatic nitrogens is 2. The van der Waals surface area contributed by atoms with Gasteiger partial charge in [-0.3, -0.25) is 5.10 Å². The molecule has 2 aromatic rings. The predicted molar refractivity (Wildman–Crippen MR) is 83.5 cm³/mol. The Morgan fingerprint density at radius 2 is 1.95 bits per heavy atom. The van der Waals surface area contributed by atoms with E-state index in [1.807, 2.05) is 0 Å². The van der Waals surface area contributed by atoms with E-state index in [-0.39, 0.29) is 11.4 Å². The van der Waals surface area contributed by atoms with Gasteiger partial charge in [-0.1, -0.05) is 0 Å². The van der Waals surface area contributed by atoms with Gasteiger partial charge in [0.2, 0.25) is 10.0 Å². The molecule has 0 saturated heterocycles. The number of hydrogen-bond donors (Lipinski definition) is 2. The minimum Gasteiger partial charge on any atom is -0.399 e. The minimum absolute atomic E-state index is 0.151. The van der Waals surface area contributed by atoms with Gasteiger partial charge in [0.05, 0.1) is 6.20 Å². The van der Waals surface area contributed by atoms with Crippen LogP contribution in [0.25, 0.3) is 0 Å². The molecule has 0 atom stereocenters. The number of anilines is 1. The van der Waals surface area contributed by atoms with Gasteiger partial charge in [-0.25, -0.2) is 8.42 Å². The predicted octanol–water partition coefficient (Wildman–Crippen LogP) is 2.34. The Bertz CT molecular complexity index is 693. The Labute approximate surface area is 133 Å². The maximum absolute atomic E-state index is 12.6. The molecule has 0 spiro atoms. The number of sulfonamides is 1. The number of rotatable bonds is 4. The van der Waals surface area contributed by atoms with Crippen LogP contribution in [0.1, 0.15) is 5.56 Å². The zero-order valence-electron chi connectivity index (χ0n) is 10.5. The third-order valence-corrected chi connectivity index (χ3v) is 6.33. The second kappa shape index (κ2) is 5.84. The van der Waals surface area contributed by atoms with Crippen molar-refractivity contribution >= 4 is 47.6 Å². The van der Waals surface area contributed by atoms with Crippen LogP contribution in [0.2, 0.25) is 0 Å². The van der Waals surface area contributed by atoms with Crippen molar-refractivity contribution in [1.82, 2.24) is 14.5 Å². The number of aromatic amines is 1. The lowest BCUT2D eigenvalue weighted by Gasteiger charge is -2.18. The summed E-state index contributed by atoms with van der Waals surface area (Å²) in [5.74, 6) is 0. The second-order valence-electron chi connectivity index (χ2n) is 4.18. The van der Waals surface area contributed by atoms with E-state index < -0.39 is 10.0 Å². The van der Waals surface area contributed by atoms with Crippen molar-refractivity contribution in [3.63, 3.8) is 0 Å². The Balaban J connectivity index is 2.40. The Morgan fingerprint density at radius 3 is 2.45 bits per heavy atom. The molecule has 0 saturated carbocycles. The third kappa shape index (κ3) is 3.05. The van der Waals surface area contributed by atoms with Crippen molar-refractivity contribution < 1.29 is 8.42 Å². The van der Waals surface area contributed by atoms with E-state index in [0.29, 0.717) is 14.6 Å². The molecule has 0 bridgehead atoms. The molecular formula is C11H12Br2N4O2S.